The standard InChI is InChI=1S/C35H31ClS/c1-20-13-22-15-21(2)35(25(14-20)16-22)31-6-4-3-5-27(31)30-17-23(8-12-32(30)35)24-7-10-28-29-11-9-26(36)19-34(29)37-33(28)18-24/h3-12,17-22,25H,13-16H2,1-2H3. The summed E-state index contributed by atoms with van der Waals surface area (Å²) in [6.07, 6.45) is 5.56. The van der Waals surface area contributed by atoms with Crippen LogP contribution in [0, 0.1) is 23.7 Å². The summed E-state index contributed by atoms with van der Waals surface area (Å²) in [5, 5.41) is 3.43. The minimum absolute atomic E-state index is 0.171. The fourth-order valence-electron chi connectivity index (χ4n) is 8.83. The van der Waals surface area contributed by atoms with Gasteiger partial charge in [0.05, 0.1) is 0 Å². The topological polar surface area (TPSA) is 0 Å². The van der Waals surface area contributed by atoms with Crippen molar-refractivity contribution in [1.29, 1.82) is 0 Å². The van der Waals surface area contributed by atoms with Gasteiger partial charge in [-0.1, -0.05) is 80.0 Å². The Bertz CT molecular complexity index is 1710. The second-order valence-corrected chi connectivity index (χ2v) is 13.7. The van der Waals surface area contributed by atoms with Crippen molar-refractivity contribution in [2.75, 3.05) is 0 Å². The van der Waals surface area contributed by atoms with Gasteiger partial charge in [-0.2, -0.15) is 0 Å². The summed E-state index contributed by atoms with van der Waals surface area (Å²) in [6, 6.07) is 30.0. The third-order valence-corrected chi connectivity index (χ3v) is 11.4. The average Bonchev–Trinajstić information content (AvgIpc) is 3.39. The zero-order valence-electron chi connectivity index (χ0n) is 21.4. The first-order valence-electron chi connectivity index (χ1n) is 13.9. The lowest BCUT2D eigenvalue weighted by molar-refractivity contribution is 0.0426. The van der Waals surface area contributed by atoms with Crippen molar-refractivity contribution in [2.45, 2.75) is 44.9 Å². The van der Waals surface area contributed by atoms with Crippen LogP contribution in [0.1, 0.15) is 50.7 Å². The van der Waals surface area contributed by atoms with Crippen molar-refractivity contribution in [2.24, 2.45) is 23.7 Å². The molecule has 5 aromatic rings. The van der Waals surface area contributed by atoms with E-state index < -0.39 is 0 Å². The molecule has 1 spiro atoms. The highest BCUT2D eigenvalue weighted by Gasteiger charge is 2.56. The molecule has 3 aliphatic rings. The zero-order valence-corrected chi connectivity index (χ0v) is 23.0. The Labute approximate surface area is 228 Å². The summed E-state index contributed by atoms with van der Waals surface area (Å²) in [4.78, 5) is 0. The molecule has 0 radical (unpaired) electrons. The van der Waals surface area contributed by atoms with Crippen molar-refractivity contribution < 1.29 is 0 Å². The van der Waals surface area contributed by atoms with Gasteiger partial charge in [0.2, 0.25) is 0 Å². The van der Waals surface area contributed by atoms with Gasteiger partial charge >= 0.3 is 0 Å². The summed E-state index contributed by atoms with van der Waals surface area (Å²) in [5.41, 5.74) is 8.94. The van der Waals surface area contributed by atoms with Gasteiger partial charge in [-0.25, -0.2) is 0 Å². The van der Waals surface area contributed by atoms with Crippen molar-refractivity contribution in [1.82, 2.24) is 0 Å². The first-order valence-corrected chi connectivity index (χ1v) is 15.1. The highest BCUT2D eigenvalue weighted by atomic mass is 35.5. The van der Waals surface area contributed by atoms with Gasteiger partial charge < -0.3 is 0 Å². The van der Waals surface area contributed by atoms with Crippen LogP contribution in [0.4, 0.5) is 0 Å². The van der Waals surface area contributed by atoms with Crippen LogP contribution in [0.3, 0.4) is 0 Å². The van der Waals surface area contributed by atoms with Gasteiger partial charge in [-0.15, -0.1) is 11.3 Å². The van der Waals surface area contributed by atoms with Crippen LogP contribution in [0.25, 0.3) is 42.4 Å². The molecule has 0 nitrogen and oxygen atoms in total. The summed E-state index contributed by atoms with van der Waals surface area (Å²) in [6.45, 7) is 5.04. The normalized spacial score (nSPS) is 28.1. The monoisotopic (exact) mass is 518 g/mol. The van der Waals surface area contributed by atoms with Crippen LogP contribution >= 0.6 is 22.9 Å². The maximum atomic E-state index is 6.29. The molecule has 2 saturated carbocycles. The highest BCUT2D eigenvalue weighted by Crippen LogP contribution is 2.64. The van der Waals surface area contributed by atoms with Crippen molar-refractivity contribution in [3.63, 3.8) is 0 Å². The molecule has 184 valence electrons. The molecule has 0 amide bonds. The van der Waals surface area contributed by atoms with E-state index in [0.29, 0.717) is 5.92 Å². The van der Waals surface area contributed by atoms with Crippen LogP contribution in [0.5, 0.6) is 0 Å². The van der Waals surface area contributed by atoms with Crippen LogP contribution in [-0.4, -0.2) is 0 Å². The number of hydrogen-bond donors (Lipinski definition) is 0. The molecule has 1 heterocycles. The predicted octanol–water partition coefficient (Wildman–Crippen LogP) is 10.7. The molecule has 37 heavy (non-hydrogen) atoms. The van der Waals surface area contributed by atoms with E-state index >= 15 is 0 Å². The molecule has 8 rings (SSSR count). The van der Waals surface area contributed by atoms with E-state index in [-0.39, 0.29) is 5.41 Å². The van der Waals surface area contributed by atoms with E-state index in [0.717, 1.165) is 22.8 Å². The van der Waals surface area contributed by atoms with Gasteiger partial charge in [0, 0.05) is 30.6 Å². The highest BCUT2D eigenvalue weighted by molar-refractivity contribution is 7.25. The summed E-state index contributed by atoms with van der Waals surface area (Å²) in [5.74, 6) is 3.18. The van der Waals surface area contributed by atoms with Gasteiger partial charge in [-0.05, 0) is 107 Å². The molecule has 5 unspecified atom stereocenters. The van der Waals surface area contributed by atoms with Crippen LogP contribution in [0.15, 0.2) is 78.9 Å². The predicted molar refractivity (Wildman–Crippen MR) is 160 cm³/mol. The smallest absolute Gasteiger partial charge is 0.0420 e. The third kappa shape index (κ3) is 3.08. The first-order chi connectivity index (χ1) is 18.0. The first kappa shape index (κ1) is 22.4. The Morgan fingerprint density at radius 1 is 0.703 bits per heavy atom. The van der Waals surface area contributed by atoms with Gasteiger partial charge in [0.1, 0.15) is 0 Å². The van der Waals surface area contributed by atoms with Crippen LogP contribution in [-0.2, 0) is 5.41 Å². The molecule has 4 aromatic carbocycles. The molecule has 2 heteroatoms. The van der Waals surface area contributed by atoms with Crippen molar-refractivity contribution in [3.05, 3.63) is 95.0 Å². The average molecular weight is 519 g/mol. The lowest BCUT2D eigenvalue weighted by Gasteiger charge is -2.54. The fraction of sp³-hybridized carbons (Fsp3) is 0.314. The molecule has 5 atom stereocenters. The van der Waals surface area contributed by atoms with Crippen molar-refractivity contribution >= 4 is 43.1 Å². The summed E-state index contributed by atoms with van der Waals surface area (Å²) >= 11 is 8.13. The number of thiophene rings is 1. The molecule has 0 saturated heterocycles. The number of hydrogen-bond acceptors (Lipinski definition) is 1. The van der Waals surface area contributed by atoms with Gasteiger partial charge in [0.15, 0.2) is 0 Å². The lowest BCUT2D eigenvalue weighted by atomic mass is 9.49. The number of rotatable bonds is 1. The summed E-state index contributed by atoms with van der Waals surface area (Å²) < 4.78 is 2.59. The molecule has 2 fully saturated rings. The lowest BCUT2D eigenvalue weighted by Crippen LogP contribution is -2.49. The Hall–Kier alpha value is -2.61. The van der Waals surface area contributed by atoms with Gasteiger partial charge in [-0.3, -0.25) is 0 Å². The molecule has 3 aliphatic carbocycles. The Morgan fingerprint density at radius 2 is 1.43 bits per heavy atom. The minimum atomic E-state index is 0.171. The van der Waals surface area contributed by atoms with Crippen LogP contribution in [0.2, 0.25) is 5.02 Å². The van der Waals surface area contributed by atoms with E-state index in [1.165, 1.54) is 68.1 Å². The molecule has 0 N–H and O–H groups in total. The van der Waals surface area contributed by atoms with E-state index in [2.05, 4.69) is 86.6 Å². The number of fused-ring (bicyclic) bond motifs is 11. The Balaban J connectivity index is 1.30. The van der Waals surface area contributed by atoms with Crippen LogP contribution < -0.4 is 0 Å². The molecular formula is C35H31ClS. The molecule has 2 bridgehead atoms. The second kappa shape index (κ2) is 7.95. The second-order valence-electron chi connectivity index (χ2n) is 12.1. The Morgan fingerprint density at radius 3 is 2.32 bits per heavy atom. The quantitative estimate of drug-likeness (QED) is 0.207. The molecule has 1 aromatic heterocycles. The molecule has 0 aliphatic heterocycles. The van der Waals surface area contributed by atoms with Crippen molar-refractivity contribution in [3.8, 4) is 22.3 Å². The van der Waals surface area contributed by atoms with E-state index in [9.17, 15) is 0 Å². The number of benzene rings is 4. The zero-order chi connectivity index (χ0) is 24.9. The number of halogens is 1. The Kier molecular flexibility index (Phi) is 4.81. The maximum absolute atomic E-state index is 6.29. The van der Waals surface area contributed by atoms with E-state index in [1.807, 2.05) is 17.4 Å². The SMILES string of the molecule is CC1CC2CC(C)C3(c4ccccc4-c4cc(-c5ccc6c(c5)sc5cc(Cl)ccc56)ccc43)C(C1)C2. The minimum Gasteiger partial charge on any atom is -0.135 e. The largest absolute Gasteiger partial charge is 0.135 e. The van der Waals surface area contributed by atoms with E-state index in [4.69, 9.17) is 11.6 Å². The summed E-state index contributed by atoms with van der Waals surface area (Å²) in [7, 11) is 0. The van der Waals surface area contributed by atoms with Gasteiger partial charge in [0.25, 0.3) is 0 Å². The fourth-order valence-corrected chi connectivity index (χ4v) is 10.3. The maximum Gasteiger partial charge on any atom is 0.0420 e. The van der Waals surface area contributed by atoms with E-state index in [1.54, 1.807) is 11.1 Å². The third-order valence-electron chi connectivity index (χ3n) is 10.0. The molecular weight excluding hydrogens is 488 g/mol.